The topological polar surface area (TPSA) is 42.0 Å². The third kappa shape index (κ3) is 2.32. The van der Waals surface area contributed by atoms with Gasteiger partial charge >= 0.3 is 0 Å². The molecule has 4 rings (SSSR count). The smallest absolute Gasteiger partial charge is 0.228 e. The summed E-state index contributed by atoms with van der Waals surface area (Å²) in [4.78, 5) is 16.2. The minimum atomic E-state index is 0.0697. The summed E-state index contributed by atoms with van der Waals surface area (Å²) in [6.45, 7) is 0. The van der Waals surface area contributed by atoms with Crippen LogP contribution in [-0.4, -0.2) is 10.9 Å². The molecule has 2 aliphatic rings. The molecule has 1 aliphatic heterocycles. The van der Waals surface area contributed by atoms with Gasteiger partial charge in [-0.15, -0.1) is 11.3 Å². The summed E-state index contributed by atoms with van der Waals surface area (Å²) in [7, 11) is 0. The summed E-state index contributed by atoms with van der Waals surface area (Å²) in [6.07, 6.45) is 10.0. The number of nitrogens with zero attached hydrogens (tertiary/aromatic N) is 1. The van der Waals surface area contributed by atoms with Gasteiger partial charge in [0.15, 0.2) is 0 Å². The number of thiazole rings is 1. The zero-order valence-electron chi connectivity index (χ0n) is 11.4. The lowest BCUT2D eigenvalue weighted by Crippen LogP contribution is -2.03. The highest BCUT2D eigenvalue weighted by molar-refractivity contribution is 7.10. The Balaban J connectivity index is 1.64. The molecule has 21 heavy (non-hydrogen) atoms. The number of hydrogen-bond donors (Lipinski definition) is 1. The highest BCUT2D eigenvalue weighted by Crippen LogP contribution is 2.33. The number of carbonyl (C=O) groups is 1. The second kappa shape index (κ2) is 4.97. The summed E-state index contributed by atoms with van der Waals surface area (Å²) < 4.78 is 0. The van der Waals surface area contributed by atoms with E-state index in [0.717, 1.165) is 33.9 Å². The first-order valence-electron chi connectivity index (χ1n) is 7.01. The predicted octanol–water partition coefficient (Wildman–Crippen LogP) is 3.90. The molecule has 1 N–H and O–H groups in total. The van der Waals surface area contributed by atoms with Gasteiger partial charge in [-0.25, -0.2) is 4.98 Å². The minimum absolute atomic E-state index is 0.0697. The van der Waals surface area contributed by atoms with E-state index in [4.69, 9.17) is 4.98 Å². The van der Waals surface area contributed by atoms with Crippen LogP contribution >= 0.6 is 11.3 Å². The zero-order chi connectivity index (χ0) is 14.2. The number of fused-ring (bicyclic) bond motifs is 1. The van der Waals surface area contributed by atoms with Crippen molar-refractivity contribution >= 4 is 22.9 Å². The molecule has 0 bridgehead atoms. The lowest BCUT2D eigenvalue weighted by atomic mass is 10.0. The van der Waals surface area contributed by atoms with Gasteiger partial charge in [0.05, 0.1) is 12.1 Å². The standard InChI is InChI=1S/C17H14N2OS/c20-16-9-13-8-12(6-7-14(13)18-16)15-10-21-17(19-15)11-4-2-1-3-5-11/h1-4,6-8,10-11H,5,9H2,(H,18,20). The number of amides is 1. The van der Waals surface area contributed by atoms with Crippen molar-refractivity contribution in [1.82, 2.24) is 4.98 Å². The van der Waals surface area contributed by atoms with Crippen LogP contribution < -0.4 is 5.32 Å². The van der Waals surface area contributed by atoms with E-state index in [9.17, 15) is 4.79 Å². The van der Waals surface area contributed by atoms with Gasteiger partial charge in [-0.1, -0.05) is 30.4 Å². The van der Waals surface area contributed by atoms with Crippen LogP contribution in [0.5, 0.6) is 0 Å². The molecule has 0 fully saturated rings. The molecule has 3 nitrogen and oxygen atoms in total. The highest BCUT2D eigenvalue weighted by Gasteiger charge is 2.19. The Kier molecular flexibility index (Phi) is 2.97. The average Bonchev–Trinajstić information content (AvgIpc) is 3.12. The first kappa shape index (κ1) is 12.5. The monoisotopic (exact) mass is 294 g/mol. The maximum absolute atomic E-state index is 11.4. The summed E-state index contributed by atoms with van der Waals surface area (Å²) in [5.74, 6) is 0.465. The minimum Gasteiger partial charge on any atom is -0.326 e. The summed E-state index contributed by atoms with van der Waals surface area (Å²) >= 11 is 1.71. The van der Waals surface area contributed by atoms with Crippen LogP contribution in [0.25, 0.3) is 11.3 Å². The van der Waals surface area contributed by atoms with Crippen LogP contribution in [0.3, 0.4) is 0 Å². The van der Waals surface area contributed by atoms with E-state index in [1.807, 2.05) is 12.1 Å². The Morgan fingerprint density at radius 3 is 3.10 bits per heavy atom. The number of carbonyl (C=O) groups excluding carboxylic acids is 1. The number of aromatic nitrogens is 1. The predicted molar refractivity (Wildman–Crippen MR) is 85.5 cm³/mol. The lowest BCUT2D eigenvalue weighted by Gasteiger charge is -2.08. The summed E-state index contributed by atoms with van der Waals surface area (Å²) in [5, 5.41) is 6.12. The fraction of sp³-hybridized carbons (Fsp3) is 0.176. The van der Waals surface area contributed by atoms with Crippen molar-refractivity contribution in [3.63, 3.8) is 0 Å². The van der Waals surface area contributed by atoms with Crippen LogP contribution in [0.1, 0.15) is 22.9 Å². The van der Waals surface area contributed by atoms with Gasteiger partial charge in [0.2, 0.25) is 5.91 Å². The van der Waals surface area contributed by atoms with E-state index in [0.29, 0.717) is 12.3 Å². The molecule has 0 saturated heterocycles. The molecule has 0 radical (unpaired) electrons. The third-order valence-electron chi connectivity index (χ3n) is 3.85. The summed E-state index contributed by atoms with van der Waals surface area (Å²) in [5.41, 5.74) is 4.08. The van der Waals surface area contributed by atoms with Crippen molar-refractivity contribution in [2.45, 2.75) is 18.8 Å². The van der Waals surface area contributed by atoms with E-state index in [1.54, 1.807) is 11.3 Å². The molecule has 0 spiro atoms. The quantitative estimate of drug-likeness (QED) is 0.912. The highest BCUT2D eigenvalue weighted by atomic mass is 32.1. The van der Waals surface area contributed by atoms with E-state index in [1.165, 1.54) is 0 Å². The molecule has 2 heterocycles. The Labute approximate surface area is 127 Å². The Morgan fingerprint density at radius 2 is 2.24 bits per heavy atom. The molecule has 104 valence electrons. The molecule has 1 aromatic carbocycles. The number of rotatable bonds is 2. The van der Waals surface area contributed by atoms with Gasteiger partial charge in [-0.05, 0) is 24.1 Å². The fourth-order valence-electron chi connectivity index (χ4n) is 2.74. The third-order valence-corrected chi connectivity index (χ3v) is 4.82. The maximum atomic E-state index is 11.4. The second-order valence-corrected chi connectivity index (χ2v) is 6.21. The van der Waals surface area contributed by atoms with Crippen molar-refractivity contribution in [3.8, 4) is 11.3 Å². The van der Waals surface area contributed by atoms with Gasteiger partial charge in [-0.3, -0.25) is 4.79 Å². The molecular weight excluding hydrogens is 280 g/mol. The van der Waals surface area contributed by atoms with Gasteiger partial charge in [-0.2, -0.15) is 0 Å². The summed E-state index contributed by atoms with van der Waals surface area (Å²) in [6, 6.07) is 6.07. The Bertz CT molecular complexity index is 773. The molecule has 2 aromatic rings. The van der Waals surface area contributed by atoms with E-state index in [-0.39, 0.29) is 5.91 Å². The first-order valence-corrected chi connectivity index (χ1v) is 7.89. The number of nitrogens with one attached hydrogen (secondary N) is 1. The molecule has 1 amide bonds. The second-order valence-electron chi connectivity index (χ2n) is 5.32. The van der Waals surface area contributed by atoms with Crippen LogP contribution in [0.4, 0.5) is 5.69 Å². The van der Waals surface area contributed by atoms with Crippen molar-refractivity contribution in [3.05, 3.63) is 58.5 Å². The van der Waals surface area contributed by atoms with Gasteiger partial charge in [0.1, 0.15) is 5.01 Å². The van der Waals surface area contributed by atoms with E-state index in [2.05, 4.69) is 41.1 Å². The van der Waals surface area contributed by atoms with Crippen LogP contribution in [-0.2, 0) is 11.2 Å². The Morgan fingerprint density at radius 1 is 1.29 bits per heavy atom. The molecule has 1 aromatic heterocycles. The number of benzene rings is 1. The molecule has 1 aliphatic carbocycles. The number of anilines is 1. The lowest BCUT2D eigenvalue weighted by molar-refractivity contribution is -0.115. The molecule has 1 atom stereocenters. The van der Waals surface area contributed by atoms with Crippen molar-refractivity contribution in [1.29, 1.82) is 0 Å². The molecule has 0 saturated carbocycles. The molecule has 1 unspecified atom stereocenters. The van der Waals surface area contributed by atoms with Crippen LogP contribution in [0.2, 0.25) is 0 Å². The van der Waals surface area contributed by atoms with Crippen molar-refractivity contribution in [2.24, 2.45) is 0 Å². The van der Waals surface area contributed by atoms with Gasteiger partial charge < -0.3 is 5.32 Å². The van der Waals surface area contributed by atoms with E-state index >= 15 is 0 Å². The molecule has 4 heteroatoms. The van der Waals surface area contributed by atoms with Crippen LogP contribution in [0.15, 0.2) is 47.9 Å². The van der Waals surface area contributed by atoms with Crippen LogP contribution in [0, 0.1) is 0 Å². The fourth-order valence-corrected chi connectivity index (χ4v) is 3.66. The van der Waals surface area contributed by atoms with Gasteiger partial charge in [0.25, 0.3) is 0 Å². The Hall–Kier alpha value is -2.20. The maximum Gasteiger partial charge on any atom is 0.228 e. The first-order chi connectivity index (χ1) is 10.3. The molecular formula is C17H14N2OS. The SMILES string of the molecule is O=C1Cc2cc(-c3csc(C4C=CC=CC4)n3)ccc2N1. The van der Waals surface area contributed by atoms with Crippen molar-refractivity contribution < 1.29 is 4.79 Å². The zero-order valence-corrected chi connectivity index (χ0v) is 12.2. The largest absolute Gasteiger partial charge is 0.326 e. The average molecular weight is 294 g/mol. The van der Waals surface area contributed by atoms with Crippen molar-refractivity contribution in [2.75, 3.05) is 5.32 Å². The number of hydrogen-bond acceptors (Lipinski definition) is 3. The van der Waals surface area contributed by atoms with Gasteiger partial charge in [0, 0.05) is 22.5 Å². The van der Waals surface area contributed by atoms with E-state index < -0.39 is 0 Å². The number of allylic oxidation sites excluding steroid dienone is 4. The normalized spacial score (nSPS) is 19.6.